The Morgan fingerprint density at radius 2 is 1.67 bits per heavy atom. The third kappa shape index (κ3) is 4.76. The molecule has 1 aromatic rings. The summed E-state index contributed by atoms with van der Waals surface area (Å²) < 4.78 is 0. The quantitative estimate of drug-likeness (QED) is 0.825. The van der Waals surface area contributed by atoms with Crippen LogP contribution in [0, 0.1) is 5.92 Å². The smallest absolute Gasteiger partial charge is 0.222 e. The van der Waals surface area contributed by atoms with Gasteiger partial charge in [-0.25, -0.2) is 0 Å². The zero-order chi connectivity index (χ0) is 15.2. The number of hydrogen-bond acceptors (Lipinski definition) is 2. The summed E-state index contributed by atoms with van der Waals surface area (Å²) in [4.78, 5) is 16.3. The summed E-state index contributed by atoms with van der Waals surface area (Å²) in [7, 11) is 5.99. The number of carbonyl (C=O) groups is 1. The summed E-state index contributed by atoms with van der Waals surface area (Å²) >= 11 is 0. The molecule has 1 aromatic carbocycles. The second kappa shape index (κ2) is 7.48. The average molecular weight is 288 g/mol. The lowest BCUT2D eigenvalue weighted by molar-refractivity contribution is -0.131. The van der Waals surface area contributed by atoms with Crippen LogP contribution in [-0.2, 0) is 11.3 Å². The van der Waals surface area contributed by atoms with Crippen molar-refractivity contribution in [1.29, 1.82) is 0 Å². The molecule has 1 aliphatic rings. The van der Waals surface area contributed by atoms with Gasteiger partial charge in [0.2, 0.25) is 5.91 Å². The van der Waals surface area contributed by atoms with Crippen LogP contribution in [0.4, 0.5) is 5.69 Å². The molecule has 1 fully saturated rings. The van der Waals surface area contributed by atoms with Crippen LogP contribution >= 0.6 is 0 Å². The maximum Gasteiger partial charge on any atom is 0.222 e. The molecule has 116 valence electrons. The number of nitrogens with zero attached hydrogens (tertiary/aromatic N) is 2. The molecule has 0 aliphatic heterocycles. The zero-order valence-electron chi connectivity index (χ0n) is 13.6. The van der Waals surface area contributed by atoms with Crippen LogP contribution in [0.5, 0.6) is 0 Å². The molecule has 0 aromatic heterocycles. The van der Waals surface area contributed by atoms with Crippen molar-refractivity contribution in [2.75, 3.05) is 26.0 Å². The molecule has 21 heavy (non-hydrogen) atoms. The van der Waals surface area contributed by atoms with E-state index in [2.05, 4.69) is 29.2 Å². The van der Waals surface area contributed by atoms with Crippen molar-refractivity contribution >= 4 is 11.6 Å². The monoisotopic (exact) mass is 288 g/mol. The number of benzene rings is 1. The average Bonchev–Trinajstić information content (AvgIpc) is 2.48. The highest BCUT2D eigenvalue weighted by Crippen LogP contribution is 2.26. The van der Waals surface area contributed by atoms with Gasteiger partial charge in [0.25, 0.3) is 0 Å². The van der Waals surface area contributed by atoms with Crippen LogP contribution in [0.3, 0.4) is 0 Å². The van der Waals surface area contributed by atoms with Crippen molar-refractivity contribution < 1.29 is 4.79 Å². The normalized spacial score (nSPS) is 15.8. The maximum absolute atomic E-state index is 12.3. The van der Waals surface area contributed by atoms with Gasteiger partial charge in [0.15, 0.2) is 0 Å². The number of carbonyl (C=O) groups excluding carboxylic acids is 1. The van der Waals surface area contributed by atoms with E-state index in [0.29, 0.717) is 18.4 Å². The van der Waals surface area contributed by atoms with Gasteiger partial charge in [-0.1, -0.05) is 31.4 Å². The Morgan fingerprint density at radius 1 is 1.05 bits per heavy atom. The van der Waals surface area contributed by atoms with E-state index in [1.165, 1.54) is 43.4 Å². The molecular formula is C18H28N2O. The molecule has 1 aliphatic carbocycles. The molecule has 0 spiro atoms. The van der Waals surface area contributed by atoms with E-state index >= 15 is 0 Å². The molecule has 0 atom stereocenters. The zero-order valence-corrected chi connectivity index (χ0v) is 13.6. The number of rotatable bonds is 5. The van der Waals surface area contributed by atoms with Crippen LogP contribution in [0.25, 0.3) is 0 Å². The topological polar surface area (TPSA) is 23.6 Å². The van der Waals surface area contributed by atoms with E-state index in [1.54, 1.807) is 0 Å². The third-order valence-corrected chi connectivity index (χ3v) is 4.49. The van der Waals surface area contributed by atoms with E-state index < -0.39 is 0 Å². The van der Waals surface area contributed by atoms with Crippen LogP contribution < -0.4 is 4.90 Å². The molecule has 0 unspecified atom stereocenters. The van der Waals surface area contributed by atoms with Crippen molar-refractivity contribution in [1.82, 2.24) is 4.90 Å². The van der Waals surface area contributed by atoms with E-state index in [-0.39, 0.29) is 0 Å². The Hall–Kier alpha value is -1.51. The summed E-state index contributed by atoms with van der Waals surface area (Å²) in [5.41, 5.74) is 2.38. The summed E-state index contributed by atoms with van der Waals surface area (Å²) in [6, 6.07) is 8.43. The number of hydrogen-bond donors (Lipinski definition) is 0. The van der Waals surface area contributed by atoms with Crippen LogP contribution in [0.2, 0.25) is 0 Å². The Labute approximate surface area is 128 Å². The predicted octanol–water partition coefficient (Wildman–Crippen LogP) is 3.68. The molecule has 0 saturated heterocycles. The SMILES string of the molecule is CN(Cc1ccc(N(C)C)cc1)C(=O)CC1CCCCC1. The Balaban J connectivity index is 1.84. The predicted molar refractivity (Wildman–Crippen MR) is 88.4 cm³/mol. The summed E-state index contributed by atoms with van der Waals surface area (Å²) in [5.74, 6) is 0.906. The van der Waals surface area contributed by atoms with Crippen LogP contribution in [-0.4, -0.2) is 32.0 Å². The van der Waals surface area contributed by atoms with Crippen molar-refractivity contribution in [2.24, 2.45) is 5.92 Å². The fraction of sp³-hybridized carbons (Fsp3) is 0.611. The highest BCUT2D eigenvalue weighted by Gasteiger charge is 2.19. The minimum absolute atomic E-state index is 0.290. The van der Waals surface area contributed by atoms with Gasteiger partial charge in [0.1, 0.15) is 0 Å². The second-order valence-electron chi connectivity index (χ2n) is 6.52. The Morgan fingerprint density at radius 3 is 2.24 bits per heavy atom. The summed E-state index contributed by atoms with van der Waals surface area (Å²) in [6.07, 6.45) is 7.14. The maximum atomic E-state index is 12.3. The van der Waals surface area contributed by atoms with Crippen molar-refractivity contribution in [2.45, 2.75) is 45.1 Å². The minimum Gasteiger partial charge on any atom is -0.378 e. The van der Waals surface area contributed by atoms with Gasteiger partial charge < -0.3 is 9.80 Å². The van der Waals surface area contributed by atoms with E-state index in [9.17, 15) is 4.79 Å². The standard InChI is InChI=1S/C18H28N2O/c1-19(2)17-11-9-16(10-12-17)14-20(3)18(21)13-15-7-5-4-6-8-15/h9-12,15H,4-8,13-14H2,1-3H3. The van der Waals surface area contributed by atoms with Gasteiger partial charge >= 0.3 is 0 Å². The lowest BCUT2D eigenvalue weighted by atomic mass is 9.86. The lowest BCUT2D eigenvalue weighted by Crippen LogP contribution is -2.28. The molecule has 0 bridgehead atoms. The van der Waals surface area contributed by atoms with E-state index in [1.807, 2.05) is 26.0 Å². The molecule has 0 N–H and O–H groups in total. The van der Waals surface area contributed by atoms with Crippen molar-refractivity contribution in [3.8, 4) is 0 Å². The first-order valence-electron chi connectivity index (χ1n) is 8.06. The van der Waals surface area contributed by atoms with E-state index in [0.717, 1.165) is 6.42 Å². The molecule has 1 amide bonds. The van der Waals surface area contributed by atoms with Gasteiger partial charge in [-0.2, -0.15) is 0 Å². The van der Waals surface area contributed by atoms with Crippen molar-refractivity contribution in [3.63, 3.8) is 0 Å². The highest BCUT2D eigenvalue weighted by molar-refractivity contribution is 5.76. The van der Waals surface area contributed by atoms with Gasteiger partial charge in [0, 0.05) is 39.8 Å². The molecule has 3 heteroatoms. The van der Waals surface area contributed by atoms with Gasteiger partial charge in [-0.3, -0.25) is 4.79 Å². The largest absolute Gasteiger partial charge is 0.378 e. The molecule has 0 heterocycles. The summed E-state index contributed by atoms with van der Waals surface area (Å²) in [6.45, 7) is 0.708. The second-order valence-corrected chi connectivity index (χ2v) is 6.52. The third-order valence-electron chi connectivity index (χ3n) is 4.49. The van der Waals surface area contributed by atoms with Gasteiger partial charge in [0.05, 0.1) is 0 Å². The number of amides is 1. The Kier molecular flexibility index (Phi) is 5.66. The highest BCUT2D eigenvalue weighted by atomic mass is 16.2. The van der Waals surface area contributed by atoms with Crippen LogP contribution in [0.15, 0.2) is 24.3 Å². The first kappa shape index (κ1) is 15.9. The van der Waals surface area contributed by atoms with Gasteiger partial charge in [-0.15, -0.1) is 0 Å². The molecule has 3 nitrogen and oxygen atoms in total. The lowest BCUT2D eigenvalue weighted by Gasteiger charge is -2.24. The van der Waals surface area contributed by atoms with Gasteiger partial charge in [-0.05, 0) is 36.5 Å². The molecular weight excluding hydrogens is 260 g/mol. The molecule has 2 rings (SSSR count). The molecule has 0 radical (unpaired) electrons. The van der Waals surface area contributed by atoms with E-state index in [4.69, 9.17) is 0 Å². The fourth-order valence-corrected chi connectivity index (χ4v) is 3.06. The first-order valence-corrected chi connectivity index (χ1v) is 8.06. The fourth-order valence-electron chi connectivity index (χ4n) is 3.06. The van der Waals surface area contributed by atoms with Crippen LogP contribution in [0.1, 0.15) is 44.1 Å². The molecule has 1 saturated carbocycles. The Bertz CT molecular complexity index is 447. The first-order chi connectivity index (χ1) is 10.1. The minimum atomic E-state index is 0.290. The summed E-state index contributed by atoms with van der Waals surface area (Å²) in [5, 5.41) is 0. The number of anilines is 1. The van der Waals surface area contributed by atoms with Crippen molar-refractivity contribution in [3.05, 3.63) is 29.8 Å².